The van der Waals surface area contributed by atoms with Gasteiger partial charge in [-0.3, -0.25) is 13.8 Å². The number of aliphatic hydroxyl groups excluding tert-OH is 1. The van der Waals surface area contributed by atoms with Crippen LogP contribution in [0.3, 0.4) is 0 Å². The standard InChI is InChI=1S/C80H159N2O6P/c1-6-8-10-12-14-16-18-20-22-24-26-28-30-32-34-36-37-38-39-40-41-42-43-44-46-48-50-52-54-56-58-60-62-64-66-68-70-72-74-80(84)81-78(77-88-89(85,86)87-76-75-82(3,4)5)79(83)73-71-69-67-65-63-61-59-57-55-53-51-49-47-45-35-33-31-29-27-25-23-21-19-17-15-13-11-9-7-2/h63,65,71,73,78-79,83H,6-62,64,66-70,72,74-77H2,1-5H3,(H-,81,84,85,86)/p+1/b65-63+,73-71+. The Labute approximate surface area is 557 Å². The van der Waals surface area contributed by atoms with Gasteiger partial charge in [0.2, 0.25) is 5.91 Å². The van der Waals surface area contributed by atoms with Gasteiger partial charge in [-0.25, -0.2) is 4.57 Å². The van der Waals surface area contributed by atoms with Crippen molar-refractivity contribution in [2.45, 2.75) is 443 Å². The van der Waals surface area contributed by atoms with Crippen LogP contribution in [0.4, 0.5) is 0 Å². The maximum absolute atomic E-state index is 13.1. The Morgan fingerprint density at radius 3 is 0.899 bits per heavy atom. The number of carbonyl (C=O) groups is 1. The average Bonchev–Trinajstić information content (AvgIpc) is 3.60. The highest BCUT2D eigenvalue weighted by molar-refractivity contribution is 7.47. The second-order valence-corrected chi connectivity index (χ2v) is 30.6. The minimum absolute atomic E-state index is 0.0592. The Kier molecular flexibility index (Phi) is 70.5. The average molecular weight is 1280 g/mol. The van der Waals surface area contributed by atoms with E-state index in [1.807, 2.05) is 27.2 Å². The van der Waals surface area contributed by atoms with Crippen LogP contribution >= 0.6 is 7.82 Å². The number of allylic oxidation sites excluding steroid dienone is 3. The molecule has 0 aliphatic rings. The molecule has 9 heteroatoms. The molecule has 3 N–H and O–H groups in total. The van der Waals surface area contributed by atoms with Gasteiger partial charge >= 0.3 is 7.82 Å². The van der Waals surface area contributed by atoms with Gasteiger partial charge in [-0.1, -0.05) is 417 Å². The van der Waals surface area contributed by atoms with Crippen molar-refractivity contribution in [2.24, 2.45) is 0 Å². The van der Waals surface area contributed by atoms with E-state index in [4.69, 9.17) is 9.05 Å². The number of nitrogens with one attached hydrogen (secondary N) is 1. The van der Waals surface area contributed by atoms with Crippen LogP contribution in [-0.2, 0) is 18.4 Å². The Bertz CT molecular complexity index is 1500. The Balaban J connectivity index is 3.94. The summed E-state index contributed by atoms with van der Waals surface area (Å²) in [6.07, 6.45) is 95.4. The number of rotatable bonds is 76. The molecule has 0 bridgehead atoms. The fourth-order valence-electron chi connectivity index (χ4n) is 12.7. The Morgan fingerprint density at radius 1 is 0.371 bits per heavy atom. The third-order valence-corrected chi connectivity index (χ3v) is 19.9. The number of unbranched alkanes of at least 4 members (excludes halogenated alkanes) is 61. The van der Waals surface area contributed by atoms with E-state index in [1.54, 1.807) is 6.08 Å². The molecule has 3 atom stereocenters. The first-order valence-corrected chi connectivity index (χ1v) is 41.7. The summed E-state index contributed by atoms with van der Waals surface area (Å²) in [5.41, 5.74) is 0. The third-order valence-electron chi connectivity index (χ3n) is 18.9. The number of hydrogen-bond donors (Lipinski definition) is 3. The molecule has 0 radical (unpaired) electrons. The molecule has 0 aromatic heterocycles. The molecule has 1 amide bonds. The maximum Gasteiger partial charge on any atom is 0.472 e. The zero-order valence-corrected chi connectivity index (χ0v) is 61.9. The number of amides is 1. The molecule has 89 heavy (non-hydrogen) atoms. The summed E-state index contributed by atoms with van der Waals surface area (Å²) >= 11 is 0. The molecule has 0 aromatic carbocycles. The summed E-state index contributed by atoms with van der Waals surface area (Å²) in [5.74, 6) is -0.176. The topological polar surface area (TPSA) is 105 Å². The van der Waals surface area contributed by atoms with Crippen molar-refractivity contribution in [3.05, 3.63) is 24.3 Å². The van der Waals surface area contributed by atoms with Gasteiger partial charge in [-0.15, -0.1) is 0 Å². The number of aliphatic hydroxyl groups is 1. The highest BCUT2D eigenvalue weighted by Crippen LogP contribution is 2.43. The summed E-state index contributed by atoms with van der Waals surface area (Å²) in [6, 6.07) is -0.863. The largest absolute Gasteiger partial charge is 0.472 e. The highest BCUT2D eigenvalue weighted by atomic mass is 31.2. The van der Waals surface area contributed by atoms with Gasteiger partial charge in [-0.2, -0.15) is 0 Å². The fourth-order valence-corrected chi connectivity index (χ4v) is 13.5. The van der Waals surface area contributed by atoms with Gasteiger partial charge in [0, 0.05) is 6.42 Å². The molecule has 0 spiro atoms. The van der Waals surface area contributed by atoms with Crippen molar-refractivity contribution >= 4 is 13.7 Å². The molecular weight excluding hydrogens is 1120 g/mol. The van der Waals surface area contributed by atoms with Gasteiger partial charge in [-0.05, 0) is 32.1 Å². The molecular formula is C80H160N2O6P+. The smallest absolute Gasteiger partial charge is 0.387 e. The van der Waals surface area contributed by atoms with Crippen molar-refractivity contribution in [1.82, 2.24) is 5.32 Å². The number of nitrogens with zero attached hydrogens (tertiary/aromatic N) is 1. The summed E-state index contributed by atoms with van der Waals surface area (Å²) in [4.78, 5) is 23.5. The van der Waals surface area contributed by atoms with Crippen molar-refractivity contribution in [3.8, 4) is 0 Å². The lowest BCUT2D eigenvalue weighted by atomic mass is 10.0. The number of phosphoric acid groups is 1. The fraction of sp³-hybridized carbons (Fsp3) is 0.938. The second kappa shape index (κ2) is 71.3. The Hall–Kier alpha value is -1.02. The van der Waals surface area contributed by atoms with Gasteiger partial charge in [0.05, 0.1) is 39.9 Å². The molecule has 0 aliphatic carbocycles. The van der Waals surface area contributed by atoms with Crippen LogP contribution in [0, 0.1) is 0 Å². The van der Waals surface area contributed by atoms with Crippen molar-refractivity contribution in [2.75, 3.05) is 40.9 Å². The predicted molar refractivity (Wildman–Crippen MR) is 392 cm³/mol. The van der Waals surface area contributed by atoms with E-state index in [1.165, 1.54) is 372 Å². The highest BCUT2D eigenvalue weighted by Gasteiger charge is 2.28. The molecule has 0 saturated carbocycles. The van der Waals surface area contributed by atoms with Crippen LogP contribution < -0.4 is 5.32 Å². The zero-order chi connectivity index (χ0) is 64.8. The molecule has 0 rings (SSSR count). The van der Waals surface area contributed by atoms with Crippen molar-refractivity contribution in [1.29, 1.82) is 0 Å². The lowest BCUT2D eigenvalue weighted by Crippen LogP contribution is -2.45. The number of carbonyl (C=O) groups excluding carboxylic acids is 1. The summed E-state index contributed by atoms with van der Waals surface area (Å²) < 4.78 is 23.9. The van der Waals surface area contributed by atoms with Crippen LogP contribution in [0.15, 0.2) is 24.3 Å². The molecule has 530 valence electrons. The Morgan fingerprint density at radius 2 is 0.618 bits per heavy atom. The van der Waals surface area contributed by atoms with Gasteiger partial charge in [0.1, 0.15) is 13.2 Å². The van der Waals surface area contributed by atoms with Gasteiger partial charge < -0.3 is 19.8 Å². The predicted octanol–water partition coefficient (Wildman–Crippen LogP) is 26.2. The minimum Gasteiger partial charge on any atom is -0.387 e. The van der Waals surface area contributed by atoms with Crippen LogP contribution in [0.2, 0.25) is 0 Å². The first kappa shape index (κ1) is 88.0. The monoisotopic (exact) mass is 1280 g/mol. The lowest BCUT2D eigenvalue weighted by molar-refractivity contribution is -0.870. The molecule has 3 unspecified atom stereocenters. The van der Waals surface area contributed by atoms with E-state index in [0.29, 0.717) is 17.4 Å². The first-order chi connectivity index (χ1) is 43.5. The molecule has 0 fully saturated rings. The first-order valence-electron chi connectivity index (χ1n) is 40.2. The number of likely N-dealkylation sites (N-methyl/N-ethyl adjacent to an activating group) is 1. The molecule has 0 saturated heterocycles. The third kappa shape index (κ3) is 74.2. The van der Waals surface area contributed by atoms with Crippen LogP contribution in [-0.4, -0.2) is 73.4 Å². The quantitative estimate of drug-likeness (QED) is 0.0243. The molecule has 0 aromatic rings. The molecule has 0 aliphatic heterocycles. The maximum atomic E-state index is 13.1. The van der Waals surface area contributed by atoms with E-state index in [-0.39, 0.29) is 19.1 Å². The SMILES string of the molecule is CCCCCCCCCCCCCCCCCCCCCCCCC/C=C/CC/C=C/C(O)C(COP(=O)(O)OCC[N+](C)(C)C)NC(=O)CCCCCCCCCCCCCCCCCCCCCCCCCCCCCCCCCCCCCCCC. The van der Waals surface area contributed by atoms with E-state index in [0.717, 1.165) is 38.5 Å². The zero-order valence-electron chi connectivity index (χ0n) is 61.0. The number of hydrogen-bond acceptors (Lipinski definition) is 5. The van der Waals surface area contributed by atoms with Crippen molar-refractivity contribution < 1.29 is 32.9 Å². The lowest BCUT2D eigenvalue weighted by Gasteiger charge is -2.25. The van der Waals surface area contributed by atoms with Crippen LogP contribution in [0.25, 0.3) is 0 Å². The van der Waals surface area contributed by atoms with E-state index in [2.05, 4.69) is 31.3 Å². The van der Waals surface area contributed by atoms with E-state index >= 15 is 0 Å². The second-order valence-electron chi connectivity index (χ2n) is 29.2. The summed E-state index contributed by atoms with van der Waals surface area (Å²) in [5, 5.41) is 14.0. The normalized spacial score (nSPS) is 13.6. The van der Waals surface area contributed by atoms with E-state index < -0.39 is 20.0 Å². The summed E-state index contributed by atoms with van der Waals surface area (Å²) in [7, 11) is 1.58. The van der Waals surface area contributed by atoms with Crippen LogP contribution in [0.5, 0.6) is 0 Å². The van der Waals surface area contributed by atoms with Gasteiger partial charge in [0.15, 0.2) is 0 Å². The minimum atomic E-state index is -4.36. The van der Waals surface area contributed by atoms with Crippen LogP contribution in [0.1, 0.15) is 431 Å². The van der Waals surface area contributed by atoms with E-state index in [9.17, 15) is 19.4 Å². The van der Waals surface area contributed by atoms with Crippen molar-refractivity contribution in [3.63, 3.8) is 0 Å². The number of quaternary nitrogens is 1. The van der Waals surface area contributed by atoms with Gasteiger partial charge in [0.25, 0.3) is 0 Å². The summed E-state index contributed by atoms with van der Waals surface area (Å²) in [6.45, 7) is 4.87. The number of phosphoric ester groups is 1. The molecule has 8 nitrogen and oxygen atoms in total. The molecule has 0 heterocycles.